The van der Waals surface area contributed by atoms with Crippen molar-refractivity contribution in [1.29, 1.82) is 0 Å². The smallest absolute Gasteiger partial charge is 0.315 e. The van der Waals surface area contributed by atoms with Gasteiger partial charge in [-0.1, -0.05) is 6.42 Å². The zero-order chi connectivity index (χ0) is 28.2. The summed E-state index contributed by atoms with van der Waals surface area (Å²) in [6.45, 7) is 0.223. The normalized spacial score (nSPS) is 31.8. The van der Waals surface area contributed by atoms with Crippen LogP contribution in [0.3, 0.4) is 0 Å². The average Bonchev–Trinajstić information content (AvgIpc) is 3.46. The Bertz CT molecular complexity index is 799. The molecule has 0 aromatic rings. The number of aliphatic hydroxyl groups excluding tert-OH is 3. The van der Waals surface area contributed by atoms with Gasteiger partial charge in [0.1, 0.15) is 24.4 Å². The molecular formula is C22H36N3O12S2-. The summed E-state index contributed by atoms with van der Waals surface area (Å²) in [6, 6.07) is 0.242. The molecule has 3 amide bonds. The highest BCUT2D eigenvalue weighted by Crippen LogP contribution is 2.33. The molecule has 0 spiro atoms. The lowest BCUT2D eigenvalue weighted by molar-refractivity contribution is -0.777. The molecule has 224 valence electrons. The van der Waals surface area contributed by atoms with Gasteiger partial charge in [0.2, 0.25) is 5.91 Å². The third-order valence-corrected chi connectivity index (χ3v) is 8.67. The van der Waals surface area contributed by atoms with Crippen LogP contribution < -0.4 is 21.2 Å². The summed E-state index contributed by atoms with van der Waals surface area (Å²) in [7, 11) is 0. The number of aliphatic hydroxyl groups is 3. The fraction of sp³-hybridized carbons (Fsp3) is 0.864. The number of hydrogen-bond acceptors (Lipinski definition) is 14. The molecule has 5 unspecified atom stereocenters. The van der Waals surface area contributed by atoms with Crippen LogP contribution >= 0.6 is 23.8 Å². The summed E-state index contributed by atoms with van der Waals surface area (Å²) < 4.78 is 20.0. The Labute approximate surface area is 234 Å². The maximum Gasteiger partial charge on any atom is 0.315 e. The molecule has 15 nitrogen and oxygen atoms in total. The van der Waals surface area contributed by atoms with Crippen LogP contribution in [0.15, 0.2) is 0 Å². The molecule has 17 heteroatoms. The van der Waals surface area contributed by atoms with E-state index in [9.17, 15) is 35.0 Å². The molecule has 39 heavy (non-hydrogen) atoms. The van der Waals surface area contributed by atoms with Gasteiger partial charge < -0.3 is 50.7 Å². The van der Waals surface area contributed by atoms with E-state index in [1.807, 2.05) is 11.8 Å². The molecule has 3 aliphatic rings. The summed E-state index contributed by atoms with van der Waals surface area (Å²) >= 11 is 2.40. The Hall–Kier alpha value is -1.41. The molecule has 3 rings (SSSR count). The standard InChI is InChI=1S/C22H37N3O12S2/c26-15(5-2-1-4-14-17-12(10-38-14)24-22(31)25-17)23-7-6-16(27)33-8-3-9-34-21-20(30)19(29)18(28)13(35-21)11-39-37-36-32/h12-14,17-21,28-30,32H,1-11H2,(H,23,26)(H2,24,25,31)/p-1/t12-,13?,14-,17-,18?,19?,20?,21?/m0/s1. The van der Waals surface area contributed by atoms with Crippen molar-refractivity contribution >= 4 is 41.7 Å². The quantitative estimate of drug-likeness (QED) is 0.0263. The number of amides is 3. The fourth-order valence-electron chi connectivity index (χ4n) is 4.49. The number of esters is 1. The minimum Gasteiger partial charge on any atom is -0.691 e. The molecule has 3 saturated heterocycles. The van der Waals surface area contributed by atoms with Crippen LogP contribution in [0.4, 0.5) is 4.79 Å². The minimum atomic E-state index is -1.54. The molecule has 3 fully saturated rings. The van der Waals surface area contributed by atoms with Crippen LogP contribution in [0.25, 0.3) is 0 Å². The fourth-order valence-corrected chi connectivity index (χ4v) is 6.54. The monoisotopic (exact) mass is 598 g/mol. The molecule has 0 aliphatic carbocycles. The lowest BCUT2D eigenvalue weighted by Crippen LogP contribution is -2.59. The molecule has 3 heterocycles. The first kappa shape index (κ1) is 32.1. The maximum atomic E-state index is 12.0. The van der Waals surface area contributed by atoms with Gasteiger partial charge >= 0.3 is 12.0 Å². The van der Waals surface area contributed by atoms with E-state index in [0.717, 1.165) is 25.0 Å². The van der Waals surface area contributed by atoms with Crippen molar-refractivity contribution in [2.24, 2.45) is 0 Å². The third-order valence-electron chi connectivity index (χ3n) is 6.54. The van der Waals surface area contributed by atoms with Crippen molar-refractivity contribution in [1.82, 2.24) is 16.0 Å². The van der Waals surface area contributed by atoms with E-state index in [2.05, 4.69) is 25.3 Å². The van der Waals surface area contributed by atoms with Crippen LogP contribution in [0.5, 0.6) is 0 Å². The molecule has 0 bridgehead atoms. The summed E-state index contributed by atoms with van der Waals surface area (Å²) in [5.74, 6) is 0.217. The van der Waals surface area contributed by atoms with Crippen molar-refractivity contribution in [3.8, 4) is 0 Å². The number of ether oxygens (including phenoxy) is 3. The second-order valence-electron chi connectivity index (χ2n) is 9.35. The Morgan fingerprint density at radius 1 is 1.10 bits per heavy atom. The predicted molar refractivity (Wildman–Crippen MR) is 134 cm³/mol. The van der Waals surface area contributed by atoms with Gasteiger partial charge in [0.25, 0.3) is 0 Å². The molecule has 8 atom stereocenters. The lowest BCUT2D eigenvalue weighted by Gasteiger charge is -2.40. The molecule has 0 radical (unpaired) electrons. The second kappa shape index (κ2) is 16.8. The Morgan fingerprint density at radius 3 is 2.72 bits per heavy atom. The van der Waals surface area contributed by atoms with Crippen LogP contribution in [0.1, 0.15) is 38.5 Å². The SMILES string of the molecule is O=C(CCCC[C@@H]1SC[C@@H]2NC(=O)N[C@@H]21)NCCC(=O)OCCCOC1OC(CSOO[O-])C(O)C(O)C1O. The van der Waals surface area contributed by atoms with Crippen LogP contribution in [0.2, 0.25) is 0 Å². The first-order valence-corrected chi connectivity index (χ1v) is 14.8. The maximum absolute atomic E-state index is 12.0. The summed E-state index contributed by atoms with van der Waals surface area (Å²) in [5, 5.41) is 51.9. The number of carbonyl (C=O) groups is 3. The number of hydrogen-bond donors (Lipinski definition) is 6. The van der Waals surface area contributed by atoms with Gasteiger partial charge in [0.15, 0.2) is 6.29 Å². The van der Waals surface area contributed by atoms with Gasteiger partial charge in [0, 0.05) is 42.4 Å². The lowest BCUT2D eigenvalue weighted by atomic mass is 10.00. The largest absolute Gasteiger partial charge is 0.691 e. The van der Waals surface area contributed by atoms with E-state index >= 15 is 0 Å². The molecule has 0 saturated carbocycles. The average molecular weight is 599 g/mol. The molecular weight excluding hydrogens is 562 g/mol. The van der Waals surface area contributed by atoms with Crippen LogP contribution in [-0.4, -0.2) is 113 Å². The zero-order valence-electron chi connectivity index (χ0n) is 21.2. The number of unbranched alkanes of at least 4 members (excludes halogenated alkanes) is 1. The van der Waals surface area contributed by atoms with E-state index < -0.39 is 36.7 Å². The first-order valence-electron chi connectivity index (χ1n) is 12.8. The minimum absolute atomic E-state index is 0.0180. The van der Waals surface area contributed by atoms with Crippen molar-refractivity contribution in [2.75, 3.05) is 31.3 Å². The summed E-state index contributed by atoms with van der Waals surface area (Å²) in [4.78, 5) is 35.3. The molecule has 0 aromatic heterocycles. The summed E-state index contributed by atoms with van der Waals surface area (Å²) in [5.41, 5.74) is 0. The van der Waals surface area contributed by atoms with Gasteiger partial charge in [-0.05, 0) is 12.8 Å². The number of fused-ring (bicyclic) bond motifs is 1. The number of carbonyl (C=O) groups excluding carboxylic acids is 3. The second-order valence-corrected chi connectivity index (χ2v) is 11.3. The van der Waals surface area contributed by atoms with E-state index in [4.69, 9.17) is 14.2 Å². The Morgan fingerprint density at radius 2 is 1.92 bits per heavy atom. The molecule has 0 aromatic carbocycles. The van der Waals surface area contributed by atoms with Crippen molar-refractivity contribution < 1.29 is 58.5 Å². The number of urea groups is 1. The van der Waals surface area contributed by atoms with E-state index in [-0.39, 0.29) is 62.4 Å². The zero-order valence-corrected chi connectivity index (χ0v) is 22.9. The van der Waals surface area contributed by atoms with Crippen molar-refractivity contribution in [3.63, 3.8) is 0 Å². The molecule has 6 N–H and O–H groups in total. The topological polar surface area (TPSA) is 217 Å². The number of nitrogens with one attached hydrogen (secondary N) is 3. The van der Waals surface area contributed by atoms with Crippen molar-refractivity contribution in [3.05, 3.63) is 0 Å². The highest BCUT2D eigenvalue weighted by Gasteiger charge is 2.44. The predicted octanol–water partition coefficient (Wildman–Crippen LogP) is -2.15. The molecule has 3 aliphatic heterocycles. The van der Waals surface area contributed by atoms with Crippen molar-refractivity contribution in [2.45, 2.75) is 86.6 Å². The number of rotatable bonds is 17. The van der Waals surface area contributed by atoms with Gasteiger partial charge in [0.05, 0.1) is 37.5 Å². The van der Waals surface area contributed by atoms with Gasteiger partial charge in [-0.2, -0.15) is 16.1 Å². The van der Waals surface area contributed by atoms with Crippen LogP contribution in [-0.2, 0) is 33.2 Å². The third kappa shape index (κ3) is 10.2. The Balaban J connectivity index is 1.17. The highest BCUT2D eigenvalue weighted by molar-refractivity contribution is 8.00. The van der Waals surface area contributed by atoms with E-state index in [1.165, 1.54) is 0 Å². The van der Waals surface area contributed by atoms with E-state index in [1.54, 1.807) is 0 Å². The van der Waals surface area contributed by atoms with Gasteiger partial charge in [-0.3, -0.25) is 14.6 Å². The first-order chi connectivity index (χ1) is 18.8. The van der Waals surface area contributed by atoms with Crippen LogP contribution in [0, 0.1) is 0 Å². The van der Waals surface area contributed by atoms with Gasteiger partial charge in [-0.25, -0.2) is 4.79 Å². The Kier molecular flexibility index (Phi) is 13.8. The van der Waals surface area contributed by atoms with E-state index in [0.29, 0.717) is 23.7 Å². The number of thioether (sulfide) groups is 1. The highest BCUT2D eigenvalue weighted by atomic mass is 32.2. The van der Waals surface area contributed by atoms with Gasteiger partial charge in [-0.15, -0.1) is 0 Å². The summed E-state index contributed by atoms with van der Waals surface area (Å²) in [6.07, 6.45) is -3.53.